The highest BCUT2D eigenvalue weighted by atomic mass is 16.6. The number of anilines is 2. The summed E-state index contributed by atoms with van der Waals surface area (Å²) in [6.07, 6.45) is 1.38. The SMILES string of the molecule is Cc1cc([N+](=O)[O-])ccc1NC(=O)c1ccc(NN)nc1. The van der Waals surface area contributed by atoms with Crippen LogP contribution in [-0.4, -0.2) is 15.8 Å². The average molecular weight is 287 g/mol. The van der Waals surface area contributed by atoms with Gasteiger partial charge in [0.05, 0.1) is 10.5 Å². The van der Waals surface area contributed by atoms with Crippen LogP contribution in [-0.2, 0) is 0 Å². The number of nitrogens with zero attached hydrogens (tertiary/aromatic N) is 2. The molecular formula is C13H13N5O3. The van der Waals surface area contributed by atoms with Crippen LogP contribution >= 0.6 is 0 Å². The lowest BCUT2D eigenvalue weighted by Gasteiger charge is -2.08. The first-order valence-electron chi connectivity index (χ1n) is 6.00. The fourth-order valence-corrected chi connectivity index (χ4v) is 1.71. The zero-order valence-corrected chi connectivity index (χ0v) is 11.2. The fraction of sp³-hybridized carbons (Fsp3) is 0.0769. The number of nitro groups is 1. The maximum atomic E-state index is 12.0. The Morgan fingerprint density at radius 1 is 1.33 bits per heavy atom. The monoisotopic (exact) mass is 287 g/mol. The number of amides is 1. The van der Waals surface area contributed by atoms with Crippen molar-refractivity contribution in [3.8, 4) is 0 Å². The first-order valence-corrected chi connectivity index (χ1v) is 6.00. The van der Waals surface area contributed by atoms with Gasteiger partial charge in [0, 0.05) is 24.0 Å². The number of carbonyl (C=O) groups excluding carboxylic acids is 1. The van der Waals surface area contributed by atoms with Crippen LogP contribution in [0.25, 0.3) is 0 Å². The van der Waals surface area contributed by atoms with Gasteiger partial charge in [0.1, 0.15) is 5.82 Å². The third-order valence-corrected chi connectivity index (χ3v) is 2.84. The number of nitrogens with two attached hydrogens (primary N) is 1. The summed E-state index contributed by atoms with van der Waals surface area (Å²) in [7, 11) is 0. The minimum Gasteiger partial charge on any atom is -0.322 e. The van der Waals surface area contributed by atoms with E-state index < -0.39 is 4.92 Å². The van der Waals surface area contributed by atoms with Crippen LogP contribution in [0.3, 0.4) is 0 Å². The summed E-state index contributed by atoms with van der Waals surface area (Å²) in [5, 5.41) is 13.3. The van der Waals surface area contributed by atoms with Gasteiger partial charge in [-0.2, -0.15) is 0 Å². The summed E-state index contributed by atoms with van der Waals surface area (Å²) in [4.78, 5) is 26.2. The fourth-order valence-electron chi connectivity index (χ4n) is 1.71. The van der Waals surface area contributed by atoms with Gasteiger partial charge < -0.3 is 10.7 Å². The third-order valence-electron chi connectivity index (χ3n) is 2.84. The number of hydrogen-bond acceptors (Lipinski definition) is 6. The van der Waals surface area contributed by atoms with Gasteiger partial charge in [-0.3, -0.25) is 14.9 Å². The number of nitrogen functional groups attached to an aromatic ring is 1. The summed E-state index contributed by atoms with van der Waals surface area (Å²) in [5.41, 5.74) is 3.80. The summed E-state index contributed by atoms with van der Waals surface area (Å²) in [6.45, 7) is 1.68. The molecule has 0 bridgehead atoms. The number of nitrogens with one attached hydrogen (secondary N) is 2. The molecule has 0 aliphatic carbocycles. The summed E-state index contributed by atoms with van der Waals surface area (Å²) < 4.78 is 0. The molecule has 21 heavy (non-hydrogen) atoms. The number of aromatic nitrogens is 1. The molecule has 2 aromatic rings. The molecule has 8 nitrogen and oxygen atoms in total. The standard InChI is InChI=1S/C13H13N5O3/c1-8-6-10(18(20)21)3-4-11(8)16-13(19)9-2-5-12(17-14)15-7-9/h2-7H,14H2,1H3,(H,15,17)(H,16,19). The lowest BCUT2D eigenvalue weighted by Crippen LogP contribution is -2.14. The lowest BCUT2D eigenvalue weighted by molar-refractivity contribution is -0.384. The van der Waals surface area contributed by atoms with Crippen molar-refractivity contribution in [1.29, 1.82) is 0 Å². The zero-order valence-electron chi connectivity index (χ0n) is 11.2. The molecule has 2 rings (SSSR count). The molecule has 8 heteroatoms. The molecule has 1 aromatic heterocycles. The maximum Gasteiger partial charge on any atom is 0.269 e. The molecule has 0 aliphatic heterocycles. The van der Waals surface area contributed by atoms with Crippen LogP contribution in [0.2, 0.25) is 0 Å². The predicted octanol–water partition coefficient (Wildman–Crippen LogP) is 1.84. The second kappa shape index (κ2) is 5.97. The van der Waals surface area contributed by atoms with Crippen LogP contribution in [0.4, 0.5) is 17.2 Å². The molecule has 4 N–H and O–H groups in total. The van der Waals surface area contributed by atoms with E-state index >= 15 is 0 Å². The number of hydrogen-bond donors (Lipinski definition) is 3. The Morgan fingerprint density at radius 3 is 2.62 bits per heavy atom. The van der Waals surface area contributed by atoms with Crippen molar-refractivity contribution in [3.05, 3.63) is 57.8 Å². The van der Waals surface area contributed by atoms with E-state index in [0.717, 1.165) is 0 Å². The van der Waals surface area contributed by atoms with E-state index in [1.807, 2.05) is 0 Å². The van der Waals surface area contributed by atoms with Crippen molar-refractivity contribution in [1.82, 2.24) is 4.98 Å². The van der Waals surface area contributed by atoms with Crippen molar-refractivity contribution < 1.29 is 9.72 Å². The van der Waals surface area contributed by atoms with E-state index in [-0.39, 0.29) is 11.6 Å². The summed E-state index contributed by atoms with van der Waals surface area (Å²) in [5.74, 6) is 5.27. The number of nitro benzene ring substituents is 1. The van der Waals surface area contributed by atoms with Crippen LogP contribution in [0, 0.1) is 17.0 Å². The quantitative estimate of drug-likeness (QED) is 0.448. The molecule has 0 atom stereocenters. The number of rotatable bonds is 4. The lowest BCUT2D eigenvalue weighted by atomic mass is 10.1. The molecule has 0 saturated carbocycles. The van der Waals surface area contributed by atoms with Crippen molar-refractivity contribution in [2.75, 3.05) is 10.7 Å². The van der Waals surface area contributed by atoms with E-state index in [0.29, 0.717) is 22.6 Å². The molecular weight excluding hydrogens is 274 g/mol. The molecule has 0 aliphatic rings. The minimum atomic E-state index is -0.485. The molecule has 1 amide bonds. The molecule has 108 valence electrons. The minimum absolute atomic E-state index is 0.0226. The molecule has 1 heterocycles. The van der Waals surface area contributed by atoms with Crippen molar-refractivity contribution >= 4 is 23.1 Å². The first kappa shape index (κ1) is 14.4. The van der Waals surface area contributed by atoms with Gasteiger partial charge in [-0.1, -0.05) is 0 Å². The topological polar surface area (TPSA) is 123 Å². The van der Waals surface area contributed by atoms with Gasteiger partial charge in [0.15, 0.2) is 0 Å². The van der Waals surface area contributed by atoms with Gasteiger partial charge in [-0.15, -0.1) is 0 Å². The Balaban J connectivity index is 2.17. The molecule has 0 radical (unpaired) electrons. The predicted molar refractivity (Wildman–Crippen MR) is 77.8 cm³/mol. The number of carbonyl (C=O) groups is 1. The van der Waals surface area contributed by atoms with Gasteiger partial charge in [-0.05, 0) is 30.7 Å². The van der Waals surface area contributed by atoms with Gasteiger partial charge in [-0.25, -0.2) is 10.8 Å². The average Bonchev–Trinajstić information content (AvgIpc) is 2.49. The number of aryl methyl sites for hydroxylation is 1. The number of hydrazine groups is 1. The van der Waals surface area contributed by atoms with Gasteiger partial charge in [0.25, 0.3) is 11.6 Å². The summed E-state index contributed by atoms with van der Waals surface area (Å²) >= 11 is 0. The second-order valence-electron chi connectivity index (χ2n) is 4.29. The van der Waals surface area contributed by atoms with E-state index in [2.05, 4.69) is 15.7 Å². The van der Waals surface area contributed by atoms with Crippen molar-refractivity contribution in [3.63, 3.8) is 0 Å². The first-order chi connectivity index (χ1) is 10.0. The Bertz CT molecular complexity index is 685. The highest BCUT2D eigenvalue weighted by molar-refractivity contribution is 6.04. The van der Waals surface area contributed by atoms with Crippen molar-refractivity contribution in [2.45, 2.75) is 6.92 Å². The van der Waals surface area contributed by atoms with Crippen LogP contribution in [0.15, 0.2) is 36.5 Å². The summed E-state index contributed by atoms with van der Waals surface area (Å²) in [6, 6.07) is 7.36. The van der Waals surface area contributed by atoms with Gasteiger partial charge >= 0.3 is 0 Å². The Hall–Kier alpha value is -3.00. The largest absolute Gasteiger partial charge is 0.322 e. The molecule has 0 saturated heterocycles. The normalized spacial score (nSPS) is 10.0. The molecule has 0 unspecified atom stereocenters. The van der Waals surface area contributed by atoms with Crippen LogP contribution < -0.4 is 16.6 Å². The van der Waals surface area contributed by atoms with Crippen LogP contribution in [0.5, 0.6) is 0 Å². The van der Waals surface area contributed by atoms with E-state index in [4.69, 9.17) is 5.84 Å². The Kier molecular flexibility index (Phi) is 4.10. The number of benzene rings is 1. The Labute approximate surface area is 120 Å². The second-order valence-corrected chi connectivity index (χ2v) is 4.29. The number of non-ortho nitro benzene ring substituents is 1. The van der Waals surface area contributed by atoms with Gasteiger partial charge in [0.2, 0.25) is 0 Å². The molecule has 0 fully saturated rings. The smallest absolute Gasteiger partial charge is 0.269 e. The molecule has 1 aromatic carbocycles. The maximum absolute atomic E-state index is 12.0. The highest BCUT2D eigenvalue weighted by Crippen LogP contribution is 2.21. The number of pyridine rings is 1. The van der Waals surface area contributed by atoms with Crippen LogP contribution in [0.1, 0.15) is 15.9 Å². The van der Waals surface area contributed by atoms with E-state index in [1.54, 1.807) is 19.1 Å². The van der Waals surface area contributed by atoms with Crippen molar-refractivity contribution in [2.24, 2.45) is 5.84 Å². The third kappa shape index (κ3) is 3.31. The van der Waals surface area contributed by atoms with E-state index in [9.17, 15) is 14.9 Å². The zero-order chi connectivity index (χ0) is 15.4. The molecule has 0 spiro atoms. The highest BCUT2D eigenvalue weighted by Gasteiger charge is 2.11. The Morgan fingerprint density at radius 2 is 2.10 bits per heavy atom. The van der Waals surface area contributed by atoms with E-state index in [1.165, 1.54) is 24.4 Å².